The van der Waals surface area contributed by atoms with E-state index in [1.807, 2.05) is 18.2 Å². The molecule has 0 fully saturated rings. The molecule has 5 nitrogen and oxygen atoms in total. The van der Waals surface area contributed by atoms with Gasteiger partial charge in [0.2, 0.25) is 5.89 Å². The molecule has 0 N–H and O–H groups in total. The van der Waals surface area contributed by atoms with Gasteiger partial charge < -0.3 is 13.9 Å². The highest BCUT2D eigenvalue weighted by atomic mass is 16.6. The number of nitrogens with zero attached hydrogens (tertiary/aromatic N) is 1. The van der Waals surface area contributed by atoms with Gasteiger partial charge in [-0.15, -0.1) is 0 Å². The van der Waals surface area contributed by atoms with Gasteiger partial charge in [0.1, 0.15) is 11.4 Å². The number of aryl methyl sites for hydroxylation is 2. The van der Waals surface area contributed by atoms with Crippen molar-refractivity contribution in [3.8, 4) is 28.3 Å². The van der Waals surface area contributed by atoms with E-state index in [1.165, 1.54) is 11.1 Å². The molecule has 5 heteroatoms. The van der Waals surface area contributed by atoms with E-state index in [2.05, 4.69) is 74.5 Å². The summed E-state index contributed by atoms with van der Waals surface area (Å²) < 4.78 is 17.2. The Hall–Kier alpha value is -4.12. The maximum absolute atomic E-state index is 11.7. The van der Waals surface area contributed by atoms with Gasteiger partial charge in [-0.25, -0.2) is 9.78 Å². The highest BCUT2D eigenvalue weighted by molar-refractivity contribution is 5.79. The van der Waals surface area contributed by atoms with Crippen LogP contribution in [0, 0.1) is 19.8 Å². The van der Waals surface area contributed by atoms with Crippen LogP contribution < -0.4 is 4.74 Å². The summed E-state index contributed by atoms with van der Waals surface area (Å²) in [5.74, 6) is 2.07. The van der Waals surface area contributed by atoms with Gasteiger partial charge in [0.15, 0.2) is 12.4 Å². The minimum absolute atomic E-state index is 0.0915. The Balaban J connectivity index is 1.43. The van der Waals surface area contributed by atoms with E-state index >= 15 is 0 Å². The monoisotopic (exact) mass is 521 g/mol. The number of aromatic nitrogens is 1. The Kier molecular flexibility index (Phi) is 8.26. The molecule has 0 saturated carbocycles. The molecule has 1 unspecified atom stereocenters. The smallest absolute Gasteiger partial charge is 0.344 e. The van der Waals surface area contributed by atoms with Crippen molar-refractivity contribution in [1.82, 2.24) is 4.98 Å². The van der Waals surface area contributed by atoms with Crippen molar-refractivity contribution < 1.29 is 18.7 Å². The van der Waals surface area contributed by atoms with E-state index < -0.39 is 0 Å². The number of carbonyl (C=O) groups excluding carboxylic acids is 1. The fourth-order valence-corrected chi connectivity index (χ4v) is 5.06. The lowest BCUT2D eigenvalue weighted by molar-refractivity contribution is -0.145. The first-order valence-electron chi connectivity index (χ1n) is 13.7. The highest BCUT2D eigenvalue weighted by Crippen LogP contribution is 2.40. The van der Waals surface area contributed by atoms with Gasteiger partial charge in [-0.3, -0.25) is 0 Å². The summed E-state index contributed by atoms with van der Waals surface area (Å²) in [6, 6.07) is 24.8. The normalized spacial score (nSPS) is 15.1. The number of allylic oxidation sites excluding steroid dienone is 2. The van der Waals surface area contributed by atoms with Crippen molar-refractivity contribution in [2.75, 3.05) is 13.2 Å². The fourth-order valence-electron chi connectivity index (χ4n) is 5.06. The van der Waals surface area contributed by atoms with Gasteiger partial charge in [0, 0.05) is 16.7 Å². The molecule has 39 heavy (non-hydrogen) atoms. The van der Waals surface area contributed by atoms with Crippen LogP contribution in [0.15, 0.2) is 83.3 Å². The standard InChI is InChI=1S/C34H35NO4/c1-4-37-31(36)22-38-29-10-7-8-25(21-29)20-28-9-5-6-11-30(28)34-35-32(26-16-12-23(2)13-17-26)33(39-34)27-18-14-24(3)15-19-27/h7-8,10-19,21,28H,4-6,9,20,22H2,1-3H3. The molecule has 0 spiro atoms. The van der Waals surface area contributed by atoms with Gasteiger partial charge in [-0.2, -0.15) is 0 Å². The highest BCUT2D eigenvalue weighted by Gasteiger charge is 2.26. The molecule has 0 bridgehead atoms. The summed E-state index contributed by atoms with van der Waals surface area (Å²) in [5.41, 5.74) is 7.67. The van der Waals surface area contributed by atoms with Gasteiger partial charge in [0.25, 0.3) is 0 Å². The molecule has 0 amide bonds. The molecule has 1 aromatic heterocycles. The first-order chi connectivity index (χ1) is 19.0. The first kappa shape index (κ1) is 26.5. The summed E-state index contributed by atoms with van der Waals surface area (Å²) in [7, 11) is 0. The number of ether oxygens (including phenoxy) is 2. The third-order valence-corrected chi connectivity index (χ3v) is 7.12. The molecule has 200 valence electrons. The second kappa shape index (κ2) is 12.2. The maximum Gasteiger partial charge on any atom is 0.344 e. The molecule has 0 aliphatic heterocycles. The Morgan fingerprint density at radius 1 is 0.974 bits per heavy atom. The quantitative estimate of drug-likeness (QED) is 0.209. The van der Waals surface area contributed by atoms with Crippen LogP contribution in [-0.2, 0) is 16.0 Å². The Labute approximate surface area is 230 Å². The number of oxazole rings is 1. The second-order valence-electron chi connectivity index (χ2n) is 10.2. The lowest BCUT2D eigenvalue weighted by Gasteiger charge is -2.22. The molecule has 0 saturated heterocycles. The lowest BCUT2D eigenvalue weighted by Crippen LogP contribution is -2.15. The number of hydrogen-bond acceptors (Lipinski definition) is 5. The second-order valence-corrected chi connectivity index (χ2v) is 10.2. The predicted molar refractivity (Wildman–Crippen MR) is 154 cm³/mol. The van der Waals surface area contributed by atoms with Crippen molar-refractivity contribution in [2.45, 2.75) is 46.5 Å². The van der Waals surface area contributed by atoms with Gasteiger partial charge in [-0.1, -0.05) is 77.9 Å². The number of benzene rings is 3. The summed E-state index contributed by atoms with van der Waals surface area (Å²) in [4.78, 5) is 16.8. The van der Waals surface area contributed by atoms with E-state index in [9.17, 15) is 4.79 Å². The lowest BCUT2D eigenvalue weighted by atomic mass is 9.83. The third kappa shape index (κ3) is 6.48. The van der Waals surface area contributed by atoms with Crippen LogP contribution in [0.5, 0.6) is 5.75 Å². The van der Waals surface area contributed by atoms with E-state index in [0.29, 0.717) is 18.2 Å². The van der Waals surface area contributed by atoms with E-state index in [-0.39, 0.29) is 18.5 Å². The summed E-state index contributed by atoms with van der Waals surface area (Å²) in [6.45, 7) is 6.22. The van der Waals surface area contributed by atoms with Crippen LogP contribution in [0.2, 0.25) is 0 Å². The Morgan fingerprint density at radius 3 is 2.41 bits per heavy atom. The average Bonchev–Trinajstić information content (AvgIpc) is 3.39. The number of hydrogen-bond donors (Lipinski definition) is 0. The third-order valence-electron chi connectivity index (χ3n) is 7.12. The van der Waals surface area contributed by atoms with E-state index in [4.69, 9.17) is 18.9 Å². The minimum Gasteiger partial charge on any atom is -0.482 e. The van der Waals surface area contributed by atoms with Gasteiger partial charge in [0.05, 0.1) is 6.61 Å². The van der Waals surface area contributed by atoms with Crippen molar-refractivity contribution in [3.05, 3.63) is 101 Å². The van der Waals surface area contributed by atoms with Crippen molar-refractivity contribution >= 4 is 11.5 Å². The number of carbonyl (C=O) groups is 1. The molecule has 4 aromatic rings. The van der Waals surface area contributed by atoms with Crippen LogP contribution in [0.4, 0.5) is 0 Å². The molecule has 5 rings (SSSR count). The van der Waals surface area contributed by atoms with Crippen LogP contribution in [0.25, 0.3) is 28.2 Å². The molecule has 1 heterocycles. The molecule has 1 atom stereocenters. The molecule has 3 aromatic carbocycles. The first-order valence-corrected chi connectivity index (χ1v) is 13.7. The molecule has 0 radical (unpaired) electrons. The van der Waals surface area contributed by atoms with Crippen LogP contribution in [0.3, 0.4) is 0 Å². The van der Waals surface area contributed by atoms with Gasteiger partial charge in [-0.05, 0) is 70.1 Å². The van der Waals surface area contributed by atoms with Gasteiger partial charge >= 0.3 is 5.97 Å². The molecular formula is C34H35NO4. The van der Waals surface area contributed by atoms with E-state index in [1.54, 1.807) is 6.92 Å². The average molecular weight is 522 g/mol. The molecular weight excluding hydrogens is 486 g/mol. The van der Waals surface area contributed by atoms with Crippen molar-refractivity contribution in [1.29, 1.82) is 0 Å². The Bertz CT molecular complexity index is 1380. The van der Waals surface area contributed by atoms with Crippen molar-refractivity contribution in [3.63, 3.8) is 0 Å². The maximum atomic E-state index is 11.7. The van der Waals surface area contributed by atoms with Crippen LogP contribution >= 0.6 is 0 Å². The Morgan fingerprint density at radius 2 is 1.69 bits per heavy atom. The molecule has 1 aliphatic carbocycles. The molecule has 1 aliphatic rings. The fraction of sp³-hybridized carbons (Fsp3) is 0.294. The van der Waals surface area contributed by atoms with Crippen molar-refractivity contribution in [2.24, 2.45) is 5.92 Å². The zero-order chi connectivity index (χ0) is 27.2. The van der Waals surface area contributed by atoms with Crippen LogP contribution in [0.1, 0.15) is 48.8 Å². The number of rotatable bonds is 9. The minimum atomic E-state index is -0.363. The SMILES string of the molecule is CCOC(=O)COc1cccc(CC2CCCC=C2c2nc(-c3ccc(C)cc3)c(-c3ccc(C)cc3)o2)c1. The van der Waals surface area contributed by atoms with E-state index in [0.717, 1.165) is 59.4 Å². The predicted octanol–water partition coefficient (Wildman–Crippen LogP) is 7.99. The van der Waals surface area contributed by atoms with Crippen LogP contribution in [-0.4, -0.2) is 24.2 Å². The zero-order valence-electron chi connectivity index (χ0n) is 22.9. The number of esters is 1. The summed E-state index contributed by atoms with van der Waals surface area (Å²) in [6.07, 6.45) is 6.32. The summed E-state index contributed by atoms with van der Waals surface area (Å²) in [5, 5.41) is 0. The largest absolute Gasteiger partial charge is 0.482 e. The topological polar surface area (TPSA) is 61.6 Å². The summed E-state index contributed by atoms with van der Waals surface area (Å²) >= 11 is 0. The zero-order valence-corrected chi connectivity index (χ0v) is 22.9.